The Morgan fingerprint density at radius 3 is 1.44 bits per heavy atom. The molecule has 0 amide bonds. The summed E-state index contributed by atoms with van der Waals surface area (Å²) in [5.74, 6) is 0.909. The van der Waals surface area contributed by atoms with E-state index < -0.39 is 0 Å². The smallest absolute Gasteiger partial charge is 1.00 e. The molecule has 2 aromatic rings. The van der Waals surface area contributed by atoms with Crippen LogP contribution in [0.4, 0.5) is 0 Å². The Morgan fingerprint density at radius 1 is 0.694 bits per heavy atom. The maximum atomic E-state index is 3.49. The van der Waals surface area contributed by atoms with Gasteiger partial charge in [-0.3, -0.25) is 0 Å². The fourth-order valence-corrected chi connectivity index (χ4v) is 4.58. The van der Waals surface area contributed by atoms with Gasteiger partial charge in [0.1, 0.15) is 0 Å². The Morgan fingerprint density at radius 2 is 1.08 bits per heavy atom. The van der Waals surface area contributed by atoms with E-state index in [1.54, 1.807) is 23.3 Å². The van der Waals surface area contributed by atoms with Crippen LogP contribution in [0.3, 0.4) is 0 Å². The normalized spacial score (nSPS) is 18.4. The first kappa shape index (κ1) is 30.8. The summed E-state index contributed by atoms with van der Waals surface area (Å²) in [6, 6.07) is 13.5. The van der Waals surface area contributed by atoms with E-state index in [1.165, 1.54) is 44.5 Å². The SMILES string of the molecule is CCc1ccc2c(c1)[C-]=C1C=CC=CC12.CCc1ccc2c(c1)[C-]=C1C=CC=CC12.C[Si](C)=[Zr+2].[Cl-].[Cl-]. The fraction of sp³-hybridized carbons (Fsp3) is 0.250. The zero-order valence-electron chi connectivity index (χ0n) is 21.4. The van der Waals surface area contributed by atoms with Crippen LogP contribution < -0.4 is 24.8 Å². The van der Waals surface area contributed by atoms with E-state index in [2.05, 4.69) is 124 Å². The number of hydrogen-bond donors (Lipinski definition) is 0. The number of allylic oxidation sites excluding steroid dienone is 10. The molecular weight excluding hydrogens is 575 g/mol. The molecule has 0 fully saturated rings. The summed E-state index contributed by atoms with van der Waals surface area (Å²) in [6.45, 7) is 9.00. The Balaban J connectivity index is 0.000000211. The predicted octanol–water partition coefficient (Wildman–Crippen LogP) is 1.89. The minimum atomic E-state index is 0. The molecule has 0 N–H and O–H groups in total. The molecule has 0 nitrogen and oxygen atoms in total. The molecule has 4 heteroatoms. The van der Waals surface area contributed by atoms with Crippen molar-refractivity contribution in [3.63, 3.8) is 0 Å². The molecule has 4 aliphatic rings. The molecule has 2 atom stereocenters. The molecule has 0 aromatic heterocycles. The average Bonchev–Trinajstić information content (AvgIpc) is 3.41. The van der Waals surface area contributed by atoms with Gasteiger partial charge in [0.25, 0.3) is 0 Å². The van der Waals surface area contributed by atoms with Crippen LogP contribution in [-0.2, 0) is 36.2 Å². The first-order chi connectivity index (χ1) is 16.5. The number of fused-ring (bicyclic) bond motifs is 6. The quantitative estimate of drug-likeness (QED) is 0.362. The second-order valence-electron chi connectivity index (χ2n) is 9.15. The summed E-state index contributed by atoms with van der Waals surface area (Å²) < 4.78 is 0. The van der Waals surface area contributed by atoms with Crippen LogP contribution in [0.25, 0.3) is 0 Å². The van der Waals surface area contributed by atoms with Gasteiger partial charge >= 0.3 is 41.9 Å². The van der Waals surface area contributed by atoms with Crippen LogP contribution >= 0.6 is 0 Å². The van der Waals surface area contributed by atoms with Gasteiger partial charge in [-0.25, -0.2) is 0 Å². The molecule has 2 unspecified atom stereocenters. The van der Waals surface area contributed by atoms with Crippen molar-refractivity contribution >= 4 is 5.43 Å². The Bertz CT molecular complexity index is 1180. The van der Waals surface area contributed by atoms with Crippen molar-refractivity contribution in [2.24, 2.45) is 0 Å². The number of aryl methyl sites for hydroxylation is 2. The minimum absolute atomic E-state index is 0. The van der Waals surface area contributed by atoms with Gasteiger partial charge < -0.3 is 24.8 Å². The predicted molar refractivity (Wildman–Crippen MR) is 143 cm³/mol. The molecule has 0 aliphatic heterocycles. The van der Waals surface area contributed by atoms with Crippen LogP contribution in [0.5, 0.6) is 0 Å². The summed E-state index contributed by atoms with van der Waals surface area (Å²) in [5.41, 5.74) is 11.0. The first-order valence-electron chi connectivity index (χ1n) is 12.2. The molecule has 184 valence electrons. The number of rotatable bonds is 2. The summed E-state index contributed by atoms with van der Waals surface area (Å²) >= 11 is 1.74. The summed E-state index contributed by atoms with van der Waals surface area (Å²) in [4.78, 5) is 0. The van der Waals surface area contributed by atoms with E-state index in [-0.39, 0.29) is 30.2 Å². The fourth-order valence-electron chi connectivity index (χ4n) is 4.58. The molecular formula is C32H32Cl2SiZr-2. The molecule has 0 spiro atoms. The van der Waals surface area contributed by atoms with Gasteiger partial charge in [0.2, 0.25) is 0 Å². The Hall–Kier alpha value is -1.44. The van der Waals surface area contributed by atoms with Crippen LogP contribution in [0.1, 0.15) is 59.1 Å². The van der Waals surface area contributed by atoms with Gasteiger partial charge in [-0.2, -0.15) is 0 Å². The molecule has 0 radical (unpaired) electrons. The van der Waals surface area contributed by atoms with Crippen molar-refractivity contribution < 1.29 is 48.1 Å². The van der Waals surface area contributed by atoms with Crippen LogP contribution in [-0.4, -0.2) is 5.43 Å². The Labute approximate surface area is 245 Å². The van der Waals surface area contributed by atoms with Crippen LogP contribution in [0, 0.1) is 12.2 Å². The van der Waals surface area contributed by atoms with E-state index in [0.717, 1.165) is 12.8 Å². The van der Waals surface area contributed by atoms with E-state index in [1.807, 2.05) is 0 Å². The van der Waals surface area contributed by atoms with Crippen molar-refractivity contribution in [2.75, 3.05) is 0 Å². The molecule has 0 heterocycles. The second-order valence-corrected chi connectivity index (χ2v) is 18.5. The minimum Gasteiger partial charge on any atom is -1.00 e. The van der Waals surface area contributed by atoms with E-state index in [0.29, 0.717) is 11.8 Å². The monoisotopic (exact) mass is 604 g/mol. The molecule has 0 saturated heterocycles. The first-order valence-corrected chi connectivity index (χ1v) is 18.4. The van der Waals surface area contributed by atoms with E-state index in [4.69, 9.17) is 0 Å². The zero-order valence-corrected chi connectivity index (χ0v) is 26.4. The molecule has 6 rings (SSSR count). The molecule has 4 aliphatic carbocycles. The summed E-state index contributed by atoms with van der Waals surface area (Å²) in [5, 5.41) is 0. The number of benzene rings is 2. The van der Waals surface area contributed by atoms with Crippen molar-refractivity contribution in [1.82, 2.24) is 0 Å². The van der Waals surface area contributed by atoms with Crippen LogP contribution in [0.15, 0.2) is 96.2 Å². The van der Waals surface area contributed by atoms with Gasteiger partial charge in [0, 0.05) is 0 Å². The average molecular weight is 607 g/mol. The second kappa shape index (κ2) is 14.5. The zero-order chi connectivity index (χ0) is 24.1. The standard InChI is InChI=1S/2C15H13.C2H6Si.2ClH.Zr/c2*1-2-11-7-8-15-13(9-11)10-12-5-3-4-6-14(12)15;1-3-2;;;/h2*3-9,14H,2H2,1H3;1-2H3;2*1H;/q2*-1;;;;+2/p-2. The maximum Gasteiger partial charge on any atom is -1.00 e. The van der Waals surface area contributed by atoms with E-state index in [9.17, 15) is 0 Å². The topological polar surface area (TPSA) is 0 Å². The number of hydrogen-bond acceptors (Lipinski definition) is 0. The molecule has 0 bridgehead atoms. The van der Waals surface area contributed by atoms with Gasteiger partial charge in [0.15, 0.2) is 0 Å². The van der Waals surface area contributed by atoms with Crippen molar-refractivity contribution in [2.45, 2.75) is 51.6 Å². The number of halogens is 2. The summed E-state index contributed by atoms with van der Waals surface area (Å²) in [7, 11) is 0. The van der Waals surface area contributed by atoms with Crippen molar-refractivity contribution in [3.05, 3.63) is 142 Å². The third-order valence-corrected chi connectivity index (χ3v) is 6.33. The molecule has 36 heavy (non-hydrogen) atoms. The largest absolute Gasteiger partial charge is 1.00 e. The summed E-state index contributed by atoms with van der Waals surface area (Å²) in [6.07, 6.45) is 26.4. The third kappa shape index (κ3) is 7.32. The van der Waals surface area contributed by atoms with Crippen molar-refractivity contribution in [3.8, 4) is 0 Å². The molecule has 0 saturated carbocycles. The van der Waals surface area contributed by atoms with E-state index >= 15 is 0 Å². The third-order valence-electron chi connectivity index (χ3n) is 6.33. The van der Waals surface area contributed by atoms with Gasteiger partial charge in [-0.15, -0.1) is 94.1 Å². The molecule has 2 aromatic carbocycles. The van der Waals surface area contributed by atoms with Crippen LogP contribution in [0.2, 0.25) is 13.1 Å². The van der Waals surface area contributed by atoms with Crippen molar-refractivity contribution in [1.29, 1.82) is 0 Å². The van der Waals surface area contributed by atoms with Gasteiger partial charge in [0.05, 0.1) is 0 Å². The van der Waals surface area contributed by atoms with Gasteiger partial charge in [-0.1, -0.05) is 61.4 Å². The Kier molecular flexibility index (Phi) is 12.4. The maximum absolute atomic E-state index is 3.49. The van der Waals surface area contributed by atoms with Gasteiger partial charge in [-0.05, 0) is 24.7 Å².